The lowest BCUT2D eigenvalue weighted by Crippen LogP contribution is -2.38. The summed E-state index contributed by atoms with van der Waals surface area (Å²) in [6.07, 6.45) is 6.64. The number of benzene rings is 1. The number of nitrogens with zero attached hydrogens (tertiary/aromatic N) is 2. The number of hydrogen-bond acceptors (Lipinski definition) is 5. The molecule has 2 bridgehead atoms. The highest BCUT2D eigenvalue weighted by atomic mass is 79.9. The van der Waals surface area contributed by atoms with Crippen molar-refractivity contribution in [1.82, 2.24) is 9.88 Å². The smallest absolute Gasteiger partial charge is 0.234 e. The molecule has 0 radical (unpaired) electrons. The van der Waals surface area contributed by atoms with Crippen LogP contribution in [-0.2, 0) is 14.4 Å². The fourth-order valence-electron chi connectivity index (χ4n) is 4.94. The Labute approximate surface area is 180 Å². The highest BCUT2D eigenvalue weighted by Crippen LogP contribution is 2.54. The quantitative estimate of drug-likeness (QED) is 0.531. The second kappa shape index (κ2) is 7.18. The molecular formula is C21H18BrN3O3S. The number of aromatic nitrogens is 1. The van der Waals surface area contributed by atoms with Gasteiger partial charge in [0.05, 0.1) is 24.3 Å². The van der Waals surface area contributed by atoms with Gasteiger partial charge in [-0.3, -0.25) is 19.3 Å². The Balaban J connectivity index is 1.46. The average molecular weight is 472 g/mol. The summed E-state index contributed by atoms with van der Waals surface area (Å²) in [7, 11) is 0. The van der Waals surface area contributed by atoms with Gasteiger partial charge < -0.3 is 5.32 Å². The molecule has 5 unspecified atom stereocenters. The number of likely N-dealkylation sites (tertiary alicyclic amines) is 1. The third kappa shape index (κ3) is 3.14. The van der Waals surface area contributed by atoms with Crippen molar-refractivity contribution in [3.63, 3.8) is 0 Å². The second-order valence-electron chi connectivity index (χ2n) is 7.71. The largest absolute Gasteiger partial charge is 0.302 e. The van der Waals surface area contributed by atoms with Crippen LogP contribution in [0.25, 0.3) is 0 Å². The van der Waals surface area contributed by atoms with Crippen molar-refractivity contribution in [2.24, 2.45) is 23.7 Å². The number of halogens is 1. The monoisotopic (exact) mass is 471 g/mol. The van der Waals surface area contributed by atoms with E-state index in [0.29, 0.717) is 5.13 Å². The van der Waals surface area contributed by atoms with Crippen LogP contribution in [0.1, 0.15) is 24.4 Å². The van der Waals surface area contributed by atoms with Crippen molar-refractivity contribution in [1.29, 1.82) is 0 Å². The molecule has 1 aromatic heterocycles. The first kappa shape index (κ1) is 18.7. The van der Waals surface area contributed by atoms with E-state index in [1.54, 1.807) is 11.6 Å². The number of hydrogen-bond donors (Lipinski definition) is 1. The van der Waals surface area contributed by atoms with Gasteiger partial charge in [0, 0.05) is 16.0 Å². The van der Waals surface area contributed by atoms with E-state index in [1.807, 2.05) is 24.3 Å². The summed E-state index contributed by atoms with van der Waals surface area (Å²) >= 11 is 4.78. The first-order chi connectivity index (χ1) is 14.0. The molecule has 6 nitrogen and oxygen atoms in total. The number of fused-ring (bicyclic) bond motifs is 5. The summed E-state index contributed by atoms with van der Waals surface area (Å²) in [4.78, 5) is 44.8. The zero-order chi connectivity index (χ0) is 20.1. The van der Waals surface area contributed by atoms with Crippen molar-refractivity contribution in [2.75, 3.05) is 5.32 Å². The van der Waals surface area contributed by atoms with Crippen LogP contribution in [-0.4, -0.2) is 27.6 Å². The topological polar surface area (TPSA) is 79.4 Å². The summed E-state index contributed by atoms with van der Waals surface area (Å²) in [6, 6.07) is 6.80. The lowest BCUT2D eigenvalue weighted by atomic mass is 9.85. The number of carbonyl (C=O) groups is 3. The van der Waals surface area contributed by atoms with Gasteiger partial charge in [-0.25, -0.2) is 4.98 Å². The molecule has 1 N–H and O–H groups in total. The summed E-state index contributed by atoms with van der Waals surface area (Å²) in [5, 5.41) is 5.04. The van der Waals surface area contributed by atoms with Gasteiger partial charge in [-0.1, -0.05) is 40.2 Å². The number of rotatable bonds is 5. The Bertz CT molecular complexity index is 992. The standard InChI is InChI=1S/C21H18BrN3O3S/c22-14-3-1-2-11(9-14)15(10-16(26)24-21-23-6-7-29-21)25-19(27)17-12-4-5-13(8-12)18(17)20(25)28/h1-7,9,12-13,15,17-18H,8,10H2,(H,23,24,26). The maximum absolute atomic E-state index is 13.3. The van der Waals surface area contributed by atoms with Crippen LogP contribution >= 0.6 is 27.3 Å². The number of carbonyl (C=O) groups excluding carboxylic acids is 3. The molecule has 1 saturated heterocycles. The van der Waals surface area contributed by atoms with Gasteiger partial charge in [0.25, 0.3) is 0 Å². The van der Waals surface area contributed by atoms with Crippen molar-refractivity contribution in [3.8, 4) is 0 Å². The zero-order valence-electron chi connectivity index (χ0n) is 15.3. The first-order valence-corrected chi connectivity index (χ1v) is 11.2. The summed E-state index contributed by atoms with van der Waals surface area (Å²) < 4.78 is 0.835. The highest BCUT2D eigenvalue weighted by Gasteiger charge is 2.60. The van der Waals surface area contributed by atoms with Crippen molar-refractivity contribution in [2.45, 2.75) is 18.9 Å². The van der Waals surface area contributed by atoms with E-state index in [0.717, 1.165) is 16.5 Å². The van der Waals surface area contributed by atoms with Gasteiger partial charge in [0.1, 0.15) is 0 Å². The van der Waals surface area contributed by atoms with Crippen LogP contribution in [0.4, 0.5) is 5.13 Å². The molecule has 3 aliphatic rings. The maximum Gasteiger partial charge on any atom is 0.234 e. The number of amides is 3. The SMILES string of the molecule is O=C(CC(c1cccc(Br)c1)N1C(=O)C2C3C=CC(C3)C2C1=O)Nc1nccs1. The van der Waals surface area contributed by atoms with Gasteiger partial charge in [-0.2, -0.15) is 0 Å². The average Bonchev–Trinajstić information content (AvgIpc) is 3.46. The molecule has 2 aliphatic carbocycles. The fourth-order valence-corrected chi connectivity index (χ4v) is 5.90. The third-order valence-electron chi connectivity index (χ3n) is 6.11. The molecule has 1 saturated carbocycles. The van der Waals surface area contributed by atoms with E-state index < -0.39 is 6.04 Å². The van der Waals surface area contributed by atoms with Crippen LogP contribution < -0.4 is 5.32 Å². The van der Waals surface area contributed by atoms with Crippen LogP contribution in [0, 0.1) is 23.7 Å². The molecular weight excluding hydrogens is 454 g/mol. The molecule has 5 rings (SSSR count). The molecule has 2 fully saturated rings. The van der Waals surface area contributed by atoms with Crippen molar-refractivity contribution in [3.05, 3.63) is 58.0 Å². The van der Waals surface area contributed by atoms with E-state index in [2.05, 4.69) is 38.4 Å². The third-order valence-corrected chi connectivity index (χ3v) is 7.29. The van der Waals surface area contributed by atoms with E-state index >= 15 is 0 Å². The first-order valence-electron chi connectivity index (χ1n) is 9.53. The van der Waals surface area contributed by atoms with Crippen LogP contribution in [0.3, 0.4) is 0 Å². The predicted molar refractivity (Wildman–Crippen MR) is 112 cm³/mol. The number of imide groups is 1. The normalized spacial score (nSPS) is 28.1. The van der Waals surface area contributed by atoms with Gasteiger partial charge in [-0.05, 0) is 36.0 Å². The van der Waals surface area contributed by atoms with Crippen molar-refractivity contribution < 1.29 is 14.4 Å². The van der Waals surface area contributed by atoms with Gasteiger partial charge in [0.15, 0.2) is 5.13 Å². The van der Waals surface area contributed by atoms with Gasteiger partial charge >= 0.3 is 0 Å². The lowest BCUT2D eigenvalue weighted by molar-refractivity contribution is -0.144. The highest BCUT2D eigenvalue weighted by molar-refractivity contribution is 9.10. The van der Waals surface area contributed by atoms with E-state index in [-0.39, 0.29) is 47.8 Å². The van der Waals surface area contributed by atoms with Crippen LogP contribution in [0.5, 0.6) is 0 Å². The van der Waals surface area contributed by atoms with E-state index in [4.69, 9.17) is 0 Å². The number of allylic oxidation sites excluding steroid dienone is 2. The molecule has 8 heteroatoms. The molecule has 0 spiro atoms. The zero-order valence-corrected chi connectivity index (χ0v) is 17.7. The Morgan fingerprint density at radius 2 is 1.97 bits per heavy atom. The Hall–Kier alpha value is -2.32. The molecule has 1 aromatic carbocycles. The molecule has 29 heavy (non-hydrogen) atoms. The molecule has 5 atom stereocenters. The molecule has 2 aromatic rings. The molecule has 1 aliphatic heterocycles. The maximum atomic E-state index is 13.3. The Morgan fingerprint density at radius 1 is 1.24 bits per heavy atom. The lowest BCUT2D eigenvalue weighted by Gasteiger charge is -2.28. The van der Waals surface area contributed by atoms with Crippen LogP contribution in [0.2, 0.25) is 0 Å². The molecule has 3 amide bonds. The van der Waals surface area contributed by atoms with Gasteiger partial charge in [-0.15, -0.1) is 11.3 Å². The fraction of sp³-hybridized carbons (Fsp3) is 0.333. The van der Waals surface area contributed by atoms with Crippen molar-refractivity contribution >= 4 is 50.1 Å². The number of nitrogens with one attached hydrogen (secondary N) is 1. The minimum atomic E-state index is -0.641. The Kier molecular flexibility index (Phi) is 4.63. The Morgan fingerprint density at radius 3 is 2.59 bits per heavy atom. The minimum Gasteiger partial charge on any atom is -0.302 e. The van der Waals surface area contributed by atoms with E-state index in [1.165, 1.54) is 16.2 Å². The molecule has 2 heterocycles. The molecule has 148 valence electrons. The van der Waals surface area contributed by atoms with Gasteiger partial charge in [0.2, 0.25) is 17.7 Å². The second-order valence-corrected chi connectivity index (χ2v) is 9.52. The minimum absolute atomic E-state index is 0.00425. The summed E-state index contributed by atoms with van der Waals surface area (Å²) in [5.41, 5.74) is 0.760. The predicted octanol–water partition coefficient (Wildman–Crippen LogP) is 3.78. The van der Waals surface area contributed by atoms with Crippen LogP contribution in [0.15, 0.2) is 52.5 Å². The summed E-state index contributed by atoms with van der Waals surface area (Å²) in [6.45, 7) is 0. The summed E-state index contributed by atoms with van der Waals surface area (Å²) in [5.74, 6) is -0.864. The number of anilines is 1. The van der Waals surface area contributed by atoms with E-state index in [9.17, 15) is 14.4 Å². The number of thiazole rings is 1.